The van der Waals surface area contributed by atoms with Crippen molar-refractivity contribution in [3.05, 3.63) is 11.8 Å². The summed E-state index contributed by atoms with van der Waals surface area (Å²) in [5.74, 6) is 1.28. The van der Waals surface area contributed by atoms with Crippen LogP contribution < -0.4 is 0 Å². The molecule has 1 fully saturated rings. The molecular formula is C10H16O3. The number of ether oxygens (including phenoxy) is 2. The van der Waals surface area contributed by atoms with Gasteiger partial charge in [0.25, 0.3) is 0 Å². The molecule has 2 aliphatic heterocycles. The van der Waals surface area contributed by atoms with Crippen molar-refractivity contribution in [3.8, 4) is 0 Å². The molecule has 0 amide bonds. The van der Waals surface area contributed by atoms with Gasteiger partial charge in [-0.15, -0.1) is 0 Å². The van der Waals surface area contributed by atoms with E-state index in [1.54, 1.807) is 0 Å². The van der Waals surface area contributed by atoms with Gasteiger partial charge in [-0.05, 0) is 24.8 Å². The van der Waals surface area contributed by atoms with Gasteiger partial charge in [-0.3, -0.25) is 0 Å². The molecule has 1 N–H and O–H groups in total. The van der Waals surface area contributed by atoms with Crippen molar-refractivity contribution in [2.75, 3.05) is 19.8 Å². The lowest BCUT2D eigenvalue weighted by molar-refractivity contribution is 0.0941. The summed E-state index contributed by atoms with van der Waals surface area (Å²) in [4.78, 5) is 0. The van der Waals surface area contributed by atoms with E-state index in [9.17, 15) is 5.11 Å². The van der Waals surface area contributed by atoms with Gasteiger partial charge in [0, 0.05) is 19.6 Å². The first-order valence-corrected chi connectivity index (χ1v) is 4.95. The quantitative estimate of drug-likeness (QED) is 0.713. The second-order valence-corrected chi connectivity index (χ2v) is 3.72. The number of hydrogen-bond acceptors (Lipinski definition) is 3. The van der Waals surface area contributed by atoms with E-state index in [0.29, 0.717) is 5.92 Å². The van der Waals surface area contributed by atoms with Crippen LogP contribution in [0.3, 0.4) is 0 Å². The molecule has 0 bridgehead atoms. The zero-order valence-corrected chi connectivity index (χ0v) is 7.74. The minimum absolute atomic E-state index is 0.408. The second-order valence-electron chi connectivity index (χ2n) is 3.72. The van der Waals surface area contributed by atoms with Crippen molar-refractivity contribution >= 4 is 0 Å². The van der Waals surface area contributed by atoms with Gasteiger partial charge < -0.3 is 14.6 Å². The topological polar surface area (TPSA) is 38.7 Å². The van der Waals surface area contributed by atoms with Gasteiger partial charge in [0.15, 0.2) is 0 Å². The molecule has 0 aliphatic carbocycles. The van der Waals surface area contributed by atoms with Crippen molar-refractivity contribution in [3.63, 3.8) is 0 Å². The van der Waals surface area contributed by atoms with Crippen LogP contribution in [0.25, 0.3) is 0 Å². The van der Waals surface area contributed by atoms with Gasteiger partial charge in [-0.1, -0.05) is 0 Å². The summed E-state index contributed by atoms with van der Waals surface area (Å²) >= 11 is 0. The van der Waals surface area contributed by atoms with E-state index in [-0.39, 0.29) is 0 Å². The molecule has 13 heavy (non-hydrogen) atoms. The Labute approximate surface area is 78.3 Å². The van der Waals surface area contributed by atoms with Crippen LogP contribution in [0, 0.1) is 5.92 Å². The van der Waals surface area contributed by atoms with Crippen molar-refractivity contribution in [2.45, 2.75) is 25.4 Å². The monoisotopic (exact) mass is 184 g/mol. The molecule has 0 aromatic rings. The average Bonchev–Trinajstić information content (AvgIpc) is 2.74. The maximum Gasteiger partial charge on any atom is 0.121 e. The first kappa shape index (κ1) is 9.03. The molecule has 2 unspecified atom stereocenters. The lowest BCUT2D eigenvalue weighted by atomic mass is 10.00. The lowest BCUT2D eigenvalue weighted by Gasteiger charge is -2.15. The van der Waals surface area contributed by atoms with E-state index in [4.69, 9.17) is 9.47 Å². The molecule has 3 heteroatoms. The third kappa shape index (κ3) is 2.23. The van der Waals surface area contributed by atoms with Gasteiger partial charge in [-0.2, -0.15) is 0 Å². The summed E-state index contributed by atoms with van der Waals surface area (Å²) in [6, 6.07) is 0. The Morgan fingerprint density at radius 1 is 1.54 bits per heavy atom. The lowest BCUT2D eigenvalue weighted by Crippen LogP contribution is -2.16. The van der Waals surface area contributed by atoms with Crippen molar-refractivity contribution in [1.82, 2.24) is 0 Å². The van der Waals surface area contributed by atoms with Crippen LogP contribution in [0.5, 0.6) is 0 Å². The van der Waals surface area contributed by atoms with Gasteiger partial charge in [0.1, 0.15) is 11.9 Å². The Hall–Kier alpha value is -0.540. The molecule has 0 spiro atoms. The SMILES string of the molecule is OC(CC1CCOC1)C1=CCCO1. The molecule has 3 nitrogen and oxygen atoms in total. The minimum Gasteiger partial charge on any atom is -0.495 e. The van der Waals surface area contributed by atoms with Crippen molar-refractivity contribution in [2.24, 2.45) is 5.92 Å². The van der Waals surface area contributed by atoms with E-state index in [1.165, 1.54) is 0 Å². The number of rotatable bonds is 3. The molecule has 1 saturated heterocycles. The fraction of sp³-hybridized carbons (Fsp3) is 0.800. The minimum atomic E-state index is -0.408. The summed E-state index contributed by atoms with van der Waals surface area (Å²) < 4.78 is 10.5. The summed E-state index contributed by atoms with van der Waals surface area (Å²) in [5, 5.41) is 9.76. The third-order valence-corrected chi connectivity index (χ3v) is 2.64. The molecule has 0 aromatic carbocycles. The highest BCUT2D eigenvalue weighted by Crippen LogP contribution is 2.23. The third-order valence-electron chi connectivity index (χ3n) is 2.64. The Morgan fingerprint density at radius 2 is 2.46 bits per heavy atom. The Balaban J connectivity index is 1.79. The smallest absolute Gasteiger partial charge is 0.121 e. The average molecular weight is 184 g/mol. The molecule has 2 atom stereocenters. The second kappa shape index (κ2) is 4.11. The van der Waals surface area contributed by atoms with Crippen LogP contribution in [-0.4, -0.2) is 31.0 Å². The zero-order valence-electron chi connectivity index (χ0n) is 7.74. The van der Waals surface area contributed by atoms with Crippen LogP contribution in [0.2, 0.25) is 0 Å². The Kier molecular flexibility index (Phi) is 2.86. The summed E-state index contributed by atoms with van der Waals surface area (Å²) in [6.45, 7) is 2.37. The van der Waals surface area contributed by atoms with Crippen LogP contribution >= 0.6 is 0 Å². The summed E-state index contributed by atoms with van der Waals surface area (Å²) in [7, 11) is 0. The van der Waals surface area contributed by atoms with Crippen LogP contribution in [0.1, 0.15) is 19.3 Å². The van der Waals surface area contributed by atoms with Crippen molar-refractivity contribution in [1.29, 1.82) is 0 Å². The largest absolute Gasteiger partial charge is 0.495 e. The molecule has 2 aliphatic rings. The molecule has 0 saturated carbocycles. The first-order chi connectivity index (χ1) is 6.36. The van der Waals surface area contributed by atoms with E-state index in [0.717, 1.165) is 44.8 Å². The predicted molar refractivity (Wildman–Crippen MR) is 48.2 cm³/mol. The number of aliphatic hydroxyl groups is 1. The van der Waals surface area contributed by atoms with Crippen LogP contribution in [0.4, 0.5) is 0 Å². The van der Waals surface area contributed by atoms with Gasteiger partial charge >= 0.3 is 0 Å². The van der Waals surface area contributed by atoms with Gasteiger partial charge in [0.2, 0.25) is 0 Å². The number of aliphatic hydroxyl groups excluding tert-OH is 1. The Bertz CT molecular complexity index is 194. The molecule has 0 aromatic heterocycles. The molecule has 2 rings (SSSR count). The van der Waals surface area contributed by atoms with Crippen molar-refractivity contribution < 1.29 is 14.6 Å². The van der Waals surface area contributed by atoms with E-state index in [1.807, 2.05) is 6.08 Å². The summed E-state index contributed by atoms with van der Waals surface area (Å²) in [6.07, 6.45) is 4.37. The molecule has 2 heterocycles. The fourth-order valence-electron chi connectivity index (χ4n) is 1.87. The van der Waals surface area contributed by atoms with E-state index >= 15 is 0 Å². The maximum absolute atomic E-state index is 9.76. The summed E-state index contributed by atoms with van der Waals surface area (Å²) in [5.41, 5.74) is 0. The van der Waals surface area contributed by atoms with Crippen LogP contribution in [0.15, 0.2) is 11.8 Å². The molecule has 0 radical (unpaired) electrons. The maximum atomic E-state index is 9.76. The highest BCUT2D eigenvalue weighted by atomic mass is 16.5. The fourth-order valence-corrected chi connectivity index (χ4v) is 1.87. The number of hydrogen-bond donors (Lipinski definition) is 1. The first-order valence-electron chi connectivity index (χ1n) is 4.95. The van der Waals surface area contributed by atoms with Gasteiger partial charge in [0.05, 0.1) is 6.61 Å². The van der Waals surface area contributed by atoms with E-state index in [2.05, 4.69) is 0 Å². The normalized spacial score (nSPS) is 29.9. The predicted octanol–water partition coefficient (Wildman–Crippen LogP) is 1.08. The highest BCUT2D eigenvalue weighted by Gasteiger charge is 2.23. The standard InChI is InChI=1S/C10H16O3/c11-9(10-2-1-4-13-10)6-8-3-5-12-7-8/h2,8-9,11H,1,3-7H2. The van der Waals surface area contributed by atoms with Gasteiger partial charge in [-0.25, -0.2) is 0 Å². The molecule has 74 valence electrons. The van der Waals surface area contributed by atoms with Crippen LogP contribution in [-0.2, 0) is 9.47 Å². The molecular weight excluding hydrogens is 168 g/mol. The highest BCUT2D eigenvalue weighted by molar-refractivity contribution is 5.04. The Morgan fingerprint density at radius 3 is 3.08 bits per heavy atom. The zero-order chi connectivity index (χ0) is 9.10. The van der Waals surface area contributed by atoms with E-state index < -0.39 is 6.10 Å².